The minimum absolute atomic E-state index is 0.0518. The molecule has 1 heterocycles. The van der Waals surface area contributed by atoms with E-state index in [9.17, 15) is 4.39 Å². The van der Waals surface area contributed by atoms with Crippen LogP contribution in [0.1, 0.15) is 16.7 Å². The van der Waals surface area contributed by atoms with Crippen LogP contribution in [0.15, 0.2) is 28.9 Å². The van der Waals surface area contributed by atoms with Crippen molar-refractivity contribution in [2.24, 2.45) is 5.73 Å². The molecule has 1 aromatic heterocycles. The molecule has 0 bridgehead atoms. The largest absolute Gasteiger partial charge is 0.436 e. The minimum Gasteiger partial charge on any atom is -0.436 e. The Morgan fingerprint density at radius 3 is 2.53 bits per heavy atom. The highest BCUT2D eigenvalue weighted by Gasteiger charge is 2.12. The standard InChI is InChI=1S/C14H14BrFN2O/c1-8-5-11(6-9(2)12(8)15)19-14-13(16)10(7-17)3-4-18-14/h3-6H,7,17H2,1-2H3. The molecule has 0 saturated heterocycles. The van der Waals surface area contributed by atoms with Gasteiger partial charge in [0.25, 0.3) is 5.88 Å². The van der Waals surface area contributed by atoms with Crippen LogP contribution in [0.3, 0.4) is 0 Å². The number of rotatable bonds is 3. The van der Waals surface area contributed by atoms with Crippen LogP contribution in [0.2, 0.25) is 0 Å². The summed E-state index contributed by atoms with van der Waals surface area (Å²) in [5.74, 6) is -0.00827. The molecule has 0 aliphatic carbocycles. The third-order valence-corrected chi connectivity index (χ3v) is 4.03. The fourth-order valence-electron chi connectivity index (χ4n) is 1.77. The average molecular weight is 325 g/mol. The molecule has 3 nitrogen and oxygen atoms in total. The first-order valence-corrected chi connectivity index (χ1v) is 6.60. The maximum Gasteiger partial charge on any atom is 0.256 e. The number of nitrogens with two attached hydrogens (primary N) is 1. The summed E-state index contributed by atoms with van der Waals surface area (Å²) in [6, 6.07) is 5.20. The Bertz CT molecular complexity index is 593. The number of pyridine rings is 1. The topological polar surface area (TPSA) is 48.1 Å². The van der Waals surface area contributed by atoms with Crippen LogP contribution in [0, 0.1) is 19.7 Å². The molecular formula is C14H14BrFN2O. The Hall–Kier alpha value is -1.46. The molecule has 19 heavy (non-hydrogen) atoms. The quantitative estimate of drug-likeness (QED) is 0.932. The molecule has 0 saturated carbocycles. The highest BCUT2D eigenvalue weighted by Crippen LogP contribution is 2.30. The second kappa shape index (κ2) is 5.67. The molecule has 1 aromatic carbocycles. The molecule has 0 aliphatic heterocycles. The van der Waals surface area contributed by atoms with Gasteiger partial charge in [0.05, 0.1) is 0 Å². The highest BCUT2D eigenvalue weighted by atomic mass is 79.9. The molecule has 2 aromatic rings. The number of nitrogens with zero attached hydrogens (tertiary/aromatic N) is 1. The first-order chi connectivity index (χ1) is 9.02. The molecule has 2 N–H and O–H groups in total. The van der Waals surface area contributed by atoms with Crippen molar-refractivity contribution < 1.29 is 9.13 Å². The van der Waals surface area contributed by atoms with Gasteiger partial charge >= 0.3 is 0 Å². The lowest BCUT2D eigenvalue weighted by atomic mass is 10.1. The van der Waals surface area contributed by atoms with E-state index in [2.05, 4.69) is 20.9 Å². The summed E-state index contributed by atoms with van der Waals surface area (Å²) in [6.07, 6.45) is 1.49. The first-order valence-electron chi connectivity index (χ1n) is 5.81. The molecule has 0 unspecified atom stereocenters. The van der Waals surface area contributed by atoms with Crippen molar-refractivity contribution in [2.45, 2.75) is 20.4 Å². The number of aryl methyl sites for hydroxylation is 2. The molecule has 0 spiro atoms. The Morgan fingerprint density at radius 2 is 1.95 bits per heavy atom. The van der Waals surface area contributed by atoms with Crippen molar-refractivity contribution in [3.8, 4) is 11.6 Å². The average Bonchev–Trinajstić information content (AvgIpc) is 2.38. The van der Waals surface area contributed by atoms with Gasteiger partial charge in [-0.1, -0.05) is 15.9 Å². The van der Waals surface area contributed by atoms with Gasteiger partial charge < -0.3 is 10.5 Å². The Morgan fingerprint density at radius 1 is 1.32 bits per heavy atom. The molecule has 0 aliphatic rings. The fraction of sp³-hybridized carbons (Fsp3) is 0.214. The molecule has 100 valence electrons. The number of aromatic nitrogens is 1. The van der Waals surface area contributed by atoms with Gasteiger partial charge in [0.2, 0.25) is 0 Å². The van der Waals surface area contributed by atoms with Gasteiger partial charge in [-0.05, 0) is 43.2 Å². The van der Waals surface area contributed by atoms with Gasteiger partial charge in [0, 0.05) is 22.8 Å². The number of hydrogen-bond donors (Lipinski definition) is 1. The van der Waals surface area contributed by atoms with E-state index < -0.39 is 5.82 Å². The first kappa shape index (κ1) is 14.0. The van der Waals surface area contributed by atoms with E-state index in [1.165, 1.54) is 6.20 Å². The fourth-order valence-corrected chi connectivity index (χ4v) is 2.00. The van der Waals surface area contributed by atoms with Crippen LogP contribution in [-0.4, -0.2) is 4.98 Å². The van der Waals surface area contributed by atoms with Crippen molar-refractivity contribution in [2.75, 3.05) is 0 Å². The summed E-state index contributed by atoms with van der Waals surface area (Å²) in [6.45, 7) is 4.01. The van der Waals surface area contributed by atoms with Gasteiger partial charge in [0.1, 0.15) is 5.75 Å². The summed E-state index contributed by atoms with van der Waals surface area (Å²) in [7, 11) is 0. The lowest BCUT2D eigenvalue weighted by molar-refractivity contribution is 0.418. The smallest absolute Gasteiger partial charge is 0.256 e. The molecule has 2 rings (SSSR count). The van der Waals surface area contributed by atoms with Gasteiger partial charge in [-0.2, -0.15) is 0 Å². The molecule has 0 amide bonds. The third kappa shape index (κ3) is 2.93. The molecular weight excluding hydrogens is 311 g/mol. The molecule has 0 atom stereocenters. The number of hydrogen-bond acceptors (Lipinski definition) is 3. The minimum atomic E-state index is -0.511. The normalized spacial score (nSPS) is 10.6. The van der Waals surface area contributed by atoms with Crippen molar-refractivity contribution in [1.82, 2.24) is 4.98 Å². The maximum atomic E-state index is 14.0. The van der Waals surface area contributed by atoms with Gasteiger partial charge in [-0.25, -0.2) is 9.37 Å². The van der Waals surface area contributed by atoms with Crippen LogP contribution in [0.4, 0.5) is 4.39 Å². The molecule has 0 fully saturated rings. The van der Waals surface area contributed by atoms with Gasteiger partial charge in [-0.15, -0.1) is 0 Å². The Labute approximate surface area is 119 Å². The van der Waals surface area contributed by atoms with Crippen molar-refractivity contribution in [3.63, 3.8) is 0 Å². The van der Waals surface area contributed by atoms with E-state index in [1.54, 1.807) is 6.07 Å². The summed E-state index contributed by atoms with van der Waals surface area (Å²) in [4.78, 5) is 3.90. The molecule has 5 heteroatoms. The molecule has 0 radical (unpaired) electrons. The van der Waals surface area contributed by atoms with Crippen molar-refractivity contribution in [3.05, 3.63) is 51.4 Å². The zero-order chi connectivity index (χ0) is 14.0. The summed E-state index contributed by atoms with van der Waals surface area (Å²) in [5, 5.41) is 0. The van der Waals surface area contributed by atoms with Crippen LogP contribution >= 0.6 is 15.9 Å². The Kier molecular flexibility index (Phi) is 4.17. The summed E-state index contributed by atoms with van der Waals surface area (Å²) >= 11 is 3.47. The second-order valence-electron chi connectivity index (χ2n) is 4.27. The lowest BCUT2D eigenvalue weighted by Gasteiger charge is -2.10. The van der Waals surface area contributed by atoms with Crippen molar-refractivity contribution >= 4 is 15.9 Å². The van der Waals surface area contributed by atoms with E-state index in [4.69, 9.17) is 10.5 Å². The van der Waals surface area contributed by atoms with E-state index in [0.29, 0.717) is 11.3 Å². The lowest BCUT2D eigenvalue weighted by Crippen LogP contribution is -2.02. The summed E-state index contributed by atoms with van der Waals surface area (Å²) < 4.78 is 20.5. The number of halogens is 2. The third-order valence-electron chi connectivity index (χ3n) is 2.78. The SMILES string of the molecule is Cc1cc(Oc2nccc(CN)c2F)cc(C)c1Br. The zero-order valence-electron chi connectivity index (χ0n) is 10.7. The van der Waals surface area contributed by atoms with Crippen LogP contribution < -0.4 is 10.5 Å². The van der Waals surface area contributed by atoms with Crippen LogP contribution in [0.5, 0.6) is 11.6 Å². The van der Waals surface area contributed by atoms with E-state index in [1.807, 2.05) is 26.0 Å². The second-order valence-corrected chi connectivity index (χ2v) is 5.06. The van der Waals surface area contributed by atoms with E-state index >= 15 is 0 Å². The van der Waals surface area contributed by atoms with Gasteiger partial charge in [0.15, 0.2) is 5.82 Å². The number of ether oxygens (including phenoxy) is 1. The Balaban J connectivity index is 2.36. The van der Waals surface area contributed by atoms with E-state index in [0.717, 1.165) is 15.6 Å². The van der Waals surface area contributed by atoms with Crippen LogP contribution in [-0.2, 0) is 6.54 Å². The van der Waals surface area contributed by atoms with E-state index in [-0.39, 0.29) is 12.4 Å². The highest BCUT2D eigenvalue weighted by molar-refractivity contribution is 9.10. The number of benzene rings is 1. The monoisotopic (exact) mass is 324 g/mol. The van der Waals surface area contributed by atoms with Crippen molar-refractivity contribution in [1.29, 1.82) is 0 Å². The predicted molar refractivity (Wildman–Crippen MR) is 75.8 cm³/mol. The zero-order valence-corrected chi connectivity index (χ0v) is 12.3. The predicted octanol–water partition coefficient (Wildman–Crippen LogP) is 3.85. The maximum absolute atomic E-state index is 14.0. The van der Waals surface area contributed by atoms with Crippen LogP contribution in [0.25, 0.3) is 0 Å². The van der Waals surface area contributed by atoms with Gasteiger partial charge in [-0.3, -0.25) is 0 Å². The summed E-state index contributed by atoms with van der Waals surface area (Å²) in [5.41, 5.74) is 7.87.